The largest absolute Gasteiger partial charge is 0.478 e. The Hall–Kier alpha value is -2.87. The van der Waals surface area contributed by atoms with Crippen molar-refractivity contribution < 1.29 is 24.2 Å². The Balaban J connectivity index is 1.83. The molecule has 176 valence electrons. The van der Waals surface area contributed by atoms with Gasteiger partial charge >= 0.3 is 12.0 Å². The molecule has 3 amide bonds. The molecule has 1 aliphatic heterocycles. The van der Waals surface area contributed by atoms with Crippen molar-refractivity contribution >= 4 is 33.8 Å². The van der Waals surface area contributed by atoms with Crippen LogP contribution < -0.4 is 10.1 Å². The Morgan fingerprint density at radius 1 is 1.09 bits per heavy atom. The molecule has 1 saturated heterocycles. The fourth-order valence-electron chi connectivity index (χ4n) is 4.23. The normalized spacial score (nSPS) is 17.8. The lowest BCUT2D eigenvalue weighted by Gasteiger charge is -2.53. The van der Waals surface area contributed by atoms with Crippen molar-refractivity contribution in [3.8, 4) is 5.75 Å². The maximum absolute atomic E-state index is 13.3. The molecule has 1 heterocycles. The molecule has 3 rings (SSSR count). The van der Waals surface area contributed by atoms with Crippen LogP contribution in [0.3, 0.4) is 0 Å². The van der Waals surface area contributed by atoms with E-state index in [4.69, 9.17) is 9.84 Å². The molecule has 0 aromatic heterocycles. The number of carboxylic acid groups (broad SMARTS) is 1. The Bertz CT molecular complexity index is 1000. The average Bonchev–Trinajstić information content (AvgIpc) is 2.80. The number of aromatic carboxylic acids is 1. The molecule has 7 nitrogen and oxygen atoms in total. The smallest absolute Gasteiger partial charge is 0.335 e. The molecule has 0 aliphatic carbocycles. The van der Waals surface area contributed by atoms with Gasteiger partial charge in [0.1, 0.15) is 11.2 Å². The number of likely N-dealkylation sites (tertiary alicyclic amines) is 1. The first-order valence-corrected chi connectivity index (χ1v) is 12.0. The number of nitrogens with zero attached hydrogens (tertiary/aromatic N) is 1. The van der Waals surface area contributed by atoms with Crippen LogP contribution in [0.15, 0.2) is 53.0 Å². The van der Waals surface area contributed by atoms with Crippen LogP contribution in [0.1, 0.15) is 68.4 Å². The molecule has 0 unspecified atom stereocenters. The van der Waals surface area contributed by atoms with E-state index in [1.165, 1.54) is 12.1 Å². The van der Waals surface area contributed by atoms with Gasteiger partial charge in [-0.1, -0.05) is 55.3 Å². The van der Waals surface area contributed by atoms with Crippen molar-refractivity contribution in [3.63, 3.8) is 0 Å². The minimum absolute atomic E-state index is 0.135. The first-order chi connectivity index (χ1) is 15.8. The number of β-lactam (4-membered cyclic amide) rings is 1. The summed E-state index contributed by atoms with van der Waals surface area (Å²) in [4.78, 5) is 38.7. The summed E-state index contributed by atoms with van der Waals surface area (Å²) in [6.07, 6.45) is 1.86. The molecule has 2 aromatic carbocycles. The molecule has 2 aromatic rings. The predicted octanol–water partition coefficient (Wildman–Crippen LogP) is 5.75. The Morgan fingerprint density at radius 3 is 2.21 bits per heavy atom. The van der Waals surface area contributed by atoms with Crippen LogP contribution in [-0.2, 0) is 4.79 Å². The fraction of sp³-hybridized carbons (Fsp3) is 0.400. The summed E-state index contributed by atoms with van der Waals surface area (Å²) in [7, 11) is 0. The van der Waals surface area contributed by atoms with E-state index in [0.717, 1.165) is 27.8 Å². The minimum atomic E-state index is -1.03. The van der Waals surface area contributed by atoms with Crippen molar-refractivity contribution in [2.24, 2.45) is 5.41 Å². The number of rotatable bonds is 9. The number of halogens is 1. The number of urea groups is 1. The van der Waals surface area contributed by atoms with Gasteiger partial charge in [0, 0.05) is 4.47 Å². The van der Waals surface area contributed by atoms with Gasteiger partial charge in [0.25, 0.3) is 0 Å². The number of carbonyl (C=O) groups is 3. The number of ether oxygens (including phenoxy) is 1. The Kier molecular flexibility index (Phi) is 7.79. The summed E-state index contributed by atoms with van der Waals surface area (Å²) in [6, 6.07) is 13.0. The minimum Gasteiger partial charge on any atom is -0.478 e. The second kappa shape index (κ2) is 10.4. The summed E-state index contributed by atoms with van der Waals surface area (Å²) in [5.74, 6) is -0.893. The first-order valence-electron chi connectivity index (χ1n) is 11.2. The summed E-state index contributed by atoms with van der Waals surface area (Å²) < 4.78 is 7.04. The quantitative estimate of drug-likeness (QED) is 0.413. The monoisotopic (exact) mass is 516 g/mol. The van der Waals surface area contributed by atoms with Crippen molar-refractivity contribution in [2.75, 3.05) is 0 Å². The van der Waals surface area contributed by atoms with Crippen LogP contribution >= 0.6 is 15.9 Å². The number of amides is 3. The molecule has 1 fully saturated rings. The van der Waals surface area contributed by atoms with Gasteiger partial charge in [-0.15, -0.1) is 0 Å². The van der Waals surface area contributed by atoms with E-state index in [-0.39, 0.29) is 17.5 Å². The fourth-order valence-corrected chi connectivity index (χ4v) is 4.49. The van der Waals surface area contributed by atoms with Gasteiger partial charge < -0.3 is 15.2 Å². The summed E-state index contributed by atoms with van der Waals surface area (Å²) in [6.45, 7) is 5.85. The van der Waals surface area contributed by atoms with E-state index in [9.17, 15) is 14.4 Å². The molecule has 2 N–H and O–H groups in total. The number of imide groups is 1. The second-order valence-electron chi connectivity index (χ2n) is 8.18. The van der Waals surface area contributed by atoms with Crippen LogP contribution in [0.5, 0.6) is 5.75 Å². The molecule has 2 atom stereocenters. The zero-order valence-corrected chi connectivity index (χ0v) is 20.6. The van der Waals surface area contributed by atoms with Crippen LogP contribution in [-0.4, -0.2) is 34.1 Å². The van der Waals surface area contributed by atoms with Crippen LogP contribution in [0.25, 0.3) is 0 Å². The topological polar surface area (TPSA) is 95.9 Å². The van der Waals surface area contributed by atoms with E-state index in [0.29, 0.717) is 18.6 Å². The highest BCUT2D eigenvalue weighted by molar-refractivity contribution is 9.10. The van der Waals surface area contributed by atoms with E-state index in [1.807, 2.05) is 45.0 Å². The molecule has 33 heavy (non-hydrogen) atoms. The van der Waals surface area contributed by atoms with Crippen molar-refractivity contribution in [2.45, 2.75) is 58.7 Å². The molecular formula is C25H29BrN2O5. The van der Waals surface area contributed by atoms with E-state index in [2.05, 4.69) is 21.2 Å². The van der Waals surface area contributed by atoms with Gasteiger partial charge in [0.05, 0.1) is 11.6 Å². The number of benzene rings is 2. The lowest BCUT2D eigenvalue weighted by Crippen LogP contribution is -2.73. The maximum atomic E-state index is 13.3. The lowest BCUT2D eigenvalue weighted by atomic mass is 9.72. The highest BCUT2D eigenvalue weighted by Crippen LogP contribution is 2.46. The second-order valence-corrected chi connectivity index (χ2v) is 9.10. The highest BCUT2D eigenvalue weighted by Gasteiger charge is 2.63. The van der Waals surface area contributed by atoms with Gasteiger partial charge in [-0.3, -0.25) is 4.79 Å². The van der Waals surface area contributed by atoms with Crippen molar-refractivity contribution in [1.29, 1.82) is 0 Å². The Labute approximate surface area is 202 Å². The van der Waals surface area contributed by atoms with Gasteiger partial charge in [-0.05, 0) is 61.2 Å². The van der Waals surface area contributed by atoms with Gasteiger partial charge in [-0.25, -0.2) is 14.5 Å². The molecule has 0 bridgehead atoms. The molecular weight excluding hydrogens is 488 g/mol. The number of hydrogen-bond donors (Lipinski definition) is 2. The zero-order chi connectivity index (χ0) is 24.2. The van der Waals surface area contributed by atoms with Crippen molar-refractivity contribution in [1.82, 2.24) is 10.2 Å². The van der Waals surface area contributed by atoms with Gasteiger partial charge in [0.15, 0.2) is 6.23 Å². The number of nitrogens with one attached hydrogen (secondary N) is 1. The van der Waals surface area contributed by atoms with Crippen LogP contribution in [0.2, 0.25) is 0 Å². The third kappa shape index (κ3) is 4.90. The third-order valence-electron chi connectivity index (χ3n) is 6.33. The lowest BCUT2D eigenvalue weighted by molar-refractivity contribution is -0.191. The number of carboxylic acids is 1. The van der Waals surface area contributed by atoms with Gasteiger partial charge in [0.2, 0.25) is 5.91 Å². The first kappa shape index (κ1) is 24.8. The maximum Gasteiger partial charge on any atom is 0.335 e. The third-order valence-corrected chi connectivity index (χ3v) is 6.86. The molecule has 8 heteroatoms. The van der Waals surface area contributed by atoms with Crippen molar-refractivity contribution in [3.05, 3.63) is 64.1 Å². The number of carbonyl (C=O) groups excluding carboxylic acids is 2. The van der Waals surface area contributed by atoms with E-state index in [1.54, 1.807) is 12.1 Å². The summed E-state index contributed by atoms with van der Waals surface area (Å²) >= 11 is 3.43. The predicted molar refractivity (Wildman–Crippen MR) is 128 cm³/mol. The summed E-state index contributed by atoms with van der Waals surface area (Å²) in [5, 5.41) is 12.1. The molecule has 0 radical (unpaired) electrons. The van der Waals surface area contributed by atoms with Crippen LogP contribution in [0.4, 0.5) is 4.79 Å². The zero-order valence-electron chi connectivity index (χ0n) is 19.0. The van der Waals surface area contributed by atoms with Gasteiger partial charge in [-0.2, -0.15) is 0 Å². The molecule has 1 aliphatic rings. The Morgan fingerprint density at radius 2 is 1.70 bits per heavy atom. The molecule has 0 saturated carbocycles. The van der Waals surface area contributed by atoms with E-state index >= 15 is 0 Å². The SMILES string of the molecule is CCC[C@@H](NC(=O)N1C(=O)C(CC)(CC)[C@@H]1Oc1ccc(C(=O)O)cc1)c1ccc(Br)cc1. The molecule has 0 spiro atoms. The van der Waals surface area contributed by atoms with E-state index < -0.39 is 23.6 Å². The van der Waals surface area contributed by atoms with Crippen LogP contribution in [0, 0.1) is 5.41 Å². The number of hydrogen-bond acceptors (Lipinski definition) is 4. The standard InChI is InChI=1S/C25H29BrN2O5/c1-4-7-20(16-8-12-18(26)13-9-16)27-24(32)28-22(31)25(5-2,6-3)23(28)33-19-14-10-17(11-15-19)21(29)30/h8-15,20,23H,4-7H2,1-3H3,(H,27,32)(H,29,30)/t20-,23+/m1/s1. The summed E-state index contributed by atoms with van der Waals surface area (Å²) in [5.41, 5.74) is 0.289. The average molecular weight is 517 g/mol. The highest BCUT2D eigenvalue weighted by atomic mass is 79.9.